The van der Waals surface area contributed by atoms with Crippen LogP contribution in [0.4, 0.5) is 0 Å². The maximum atomic E-state index is 4.24. The van der Waals surface area contributed by atoms with Gasteiger partial charge < -0.3 is 10.2 Å². The van der Waals surface area contributed by atoms with Crippen LogP contribution in [-0.4, -0.2) is 18.0 Å². The Balaban J connectivity index is 2.83. The van der Waals surface area contributed by atoms with Crippen LogP contribution in [-0.2, 0) is 12.8 Å². The fourth-order valence-corrected chi connectivity index (χ4v) is 3.09. The van der Waals surface area contributed by atoms with Gasteiger partial charge in [0.15, 0.2) is 0 Å². The Morgan fingerprint density at radius 3 is 2.27 bits per heavy atom. The number of hydrogen-bond donors (Lipinski definition) is 1. The van der Waals surface area contributed by atoms with Gasteiger partial charge in [0, 0.05) is 19.3 Å². The molecule has 0 aliphatic rings. The monoisotopic (exact) mass is 354 g/mol. The molecule has 0 fully saturated rings. The molecule has 1 N–H and O–H groups in total. The van der Waals surface area contributed by atoms with Gasteiger partial charge in [0.2, 0.25) is 0 Å². The normalized spacial score (nSPS) is 12.8. The van der Waals surface area contributed by atoms with Crippen molar-refractivity contribution in [3.63, 3.8) is 0 Å². The van der Waals surface area contributed by atoms with E-state index in [1.54, 1.807) is 0 Å². The van der Waals surface area contributed by atoms with Gasteiger partial charge in [-0.25, -0.2) is 0 Å². The van der Waals surface area contributed by atoms with Crippen molar-refractivity contribution >= 4 is 0 Å². The maximum absolute atomic E-state index is 4.24. The smallest absolute Gasteiger partial charge is 0.0981 e. The second kappa shape index (κ2) is 10.9. The van der Waals surface area contributed by atoms with Gasteiger partial charge >= 0.3 is 0 Å². The summed E-state index contributed by atoms with van der Waals surface area (Å²) in [5, 5.41) is 3.55. The minimum absolute atomic E-state index is 0.268. The van der Waals surface area contributed by atoms with Crippen LogP contribution in [0.2, 0.25) is 0 Å². The first-order valence-corrected chi connectivity index (χ1v) is 9.88. The number of aryl methyl sites for hydroxylation is 1. The molecule has 0 aliphatic carbocycles. The van der Waals surface area contributed by atoms with Gasteiger partial charge in [0.1, 0.15) is 0 Å². The lowest BCUT2D eigenvalue weighted by molar-refractivity contribution is 0.427. The van der Waals surface area contributed by atoms with E-state index in [9.17, 15) is 0 Å². The molecule has 0 saturated heterocycles. The first kappa shape index (κ1) is 22.1. The zero-order valence-corrected chi connectivity index (χ0v) is 17.7. The summed E-state index contributed by atoms with van der Waals surface area (Å²) in [4.78, 5) is 2.11. The summed E-state index contributed by atoms with van der Waals surface area (Å²) in [6.07, 6.45) is 6.40. The summed E-state index contributed by atoms with van der Waals surface area (Å²) in [6, 6.07) is 9.01. The zero-order chi connectivity index (χ0) is 19.7. The van der Waals surface area contributed by atoms with E-state index in [1.165, 1.54) is 16.7 Å². The number of nitrogens with zero attached hydrogens (tertiary/aromatic N) is 1. The molecule has 2 nitrogen and oxygen atoms in total. The van der Waals surface area contributed by atoms with Crippen molar-refractivity contribution in [1.29, 1.82) is 0 Å². The van der Waals surface area contributed by atoms with Crippen LogP contribution < -0.4 is 5.32 Å². The summed E-state index contributed by atoms with van der Waals surface area (Å²) >= 11 is 0. The minimum atomic E-state index is 0.268. The average molecular weight is 355 g/mol. The Morgan fingerprint density at radius 2 is 1.77 bits per heavy atom. The van der Waals surface area contributed by atoms with Gasteiger partial charge in [0.05, 0.1) is 5.82 Å². The third-order valence-electron chi connectivity index (χ3n) is 4.82. The highest BCUT2D eigenvalue weighted by molar-refractivity contribution is 5.31. The molecule has 1 aromatic rings. The van der Waals surface area contributed by atoms with Crippen LogP contribution in [0.15, 0.2) is 60.6 Å². The number of rotatable bonds is 11. The van der Waals surface area contributed by atoms with Crippen molar-refractivity contribution in [3.8, 4) is 0 Å². The van der Waals surface area contributed by atoms with E-state index in [0.717, 1.165) is 37.1 Å². The van der Waals surface area contributed by atoms with Crippen LogP contribution in [0.25, 0.3) is 0 Å². The Labute approximate surface area is 161 Å². The van der Waals surface area contributed by atoms with Gasteiger partial charge in [-0.3, -0.25) is 0 Å². The summed E-state index contributed by atoms with van der Waals surface area (Å²) in [7, 11) is 2.07. The standard InChI is InChI=1S/C24H38N2/c1-9-21(16-23-14-12-11-13-22(23)10-2)17-26(8)20(7)25-24(19(5)6)15-18(3)4/h11-14,17-18,24-25H,5,7,9-10,15-16H2,1-4,6,8H3/b21-17+. The molecule has 144 valence electrons. The molecular weight excluding hydrogens is 316 g/mol. The number of hydrogen-bond acceptors (Lipinski definition) is 2. The molecule has 1 unspecified atom stereocenters. The number of benzene rings is 1. The van der Waals surface area contributed by atoms with E-state index >= 15 is 0 Å². The molecule has 1 rings (SSSR count). The van der Waals surface area contributed by atoms with E-state index in [4.69, 9.17) is 0 Å². The molecule has 0 saturated carbocycles. The van der Waals surface area contributed by atoms with Crippen LogP contribution in [0.1, 0.15) is 58.6 Å². The minimum Gasteiger partial charge on any atom is -0.366 e. The first-order valence-electron chi connectivity index (χ1n) is 9.88. The molecule has 0 aliphatic heterocycles. The van der Waals surface area contributed by atoms with E-state index < -0.39 is 0 Å². The van der Waals surface area contributed by atoms with Gasteiger partial charge in [-0.1, -0.05) is 70.7 Å². The third kappa shape index (κ3) is 7.11. The lowest BCUT2D eigenvalue weighted by Gasteiger charge is -2.28. The van der Waals surface area contributed by atoms with Crippen molar-refractivity contribution in [3.05, 3.63) is 71.7 Å². The Kier molecular flexibility index (Phi) is 9.26. The largest absolute Gasteiger partial charge is 0.366 e. The summed E-state index contributed by atoms with van der Waals surface area (Å²) < 4.78 is 0. The second-order valence-electron chi connectivity index (χ2n) is 7.67. The van der Waals surface area contributed by atoms with Crippen LogP contribution in [0.3, 0.4) is 0 Å². The maximum Gasteiger partial charge on any atom is 0.0981 e. The highest BCUT2D eigenvalue weighted by Gasteiger charge is 2.13. The second-order valence-corrected chi connectivity index (χ2v) is 7.67. The molecule has 0 amide bonds. The van der Waals surface area contributed by atoms with Gasteiger partial charge in [0.25, 0.3) is 0 Å². The molecule has 2 heteroatoms. The topological polar surface area (TPSA) is 15.3 Å². The highest BCUT2D eigenvalue weighted by atomic mass is 15.2. The SMILES string of the molecule is C=C(C)C(CC(C)C)NC(=C)N(C)/C=C(\CC)Cc1ccccc1CC. The summed E-state index contributed by atoms with van der Waals surface area (Å²) in [6.45, 7) is 19.4. The fourth-order valence-electron chi connectivity index (χ4n) is 3.09. The van der Waals surface area contributed by atoms with E-state index in [-0.39, 0.29) is 6.04 Å². The highest BCUT2D eigenvalue weighted by Crippen LogP contribution is 2.18. The lowest BCUT2D eigenvalue weighted by atomic mass is 9.97. The van der Waals surface area contributed by atoms with E-state index in [2.05, 4.69) is 95.5 Å². The Morgan fingerprint density at radius 1 is 1.15 bits per heavy atom. The molecule has 1 atom stereocenters. The molecular formula is C24H38N2. The predicted octanol–water partition coefficient (Wildman–Crippen LogP) is 6.07. The van der Waals surface area contributed by atoms with Crippen LogP contribution in [0.5, 0.6) is 0 Å². The quantitative estimate of drug-likeness (QED) is 0.485. The molecule has 0 aromatic heterocycles. The Hall–Kier alpha value is -1.96. The van der Waals surface area contributed by atoms with E-state index in [1.807, 2.05) is 0 Å². The van der Waals surface area contributed by atoms with Crippen molar-refractivity contribution < 1.29 is 0 Å². The molecule has 26 heavy (non-hydrogen) atoms. The molecule has 0 radical (unpaired) electrons. The number of allylic oxidation sites excluding steroid dienone is 1. The number of nitrogens with one attached hydrogen (secondary N) is 1. The Bertz CT molecular complexity index is 625. The lowest BCUT2D eigenvalue weighted by Crippen LogP contribution is -2.35. The third-order valence-corrected chi connectivity index (χ3v) is 4.82. The van der Waals surface area contributed by atoms with E-state index in [0.29, 0.717) is 5.92 Å². The van der Waals surface area contributed by atoms with Gasteiger partial charge in [-0.15, -0.1) is 0 Å². The van der Waals surface area contributed by atoms with Crippen molar-refractivity contribution in [2.75, 3.05) is 7.05 Å². The average Bonchev–Trinajstić information content (AvgIpc) is 2.60. The molecule has 0 heterocycles. The van der Waals surface area contributed by atoms with Crippen LogP contribution >= 0.6 is 0 Å². The summed E-state index contributed by atoms with van der Waals surface area (Å²) in [5.41, 5.74) is 5.43. The van der Waals surface area contributed by atoms with Gasteiger partial charge in [-0.05, 0) is 55.2 Å². The molecule has 0 bridgehead atoms. The fraction of sp³-hybridized carbons (Fsp3) is 0.500. The molecule has 0 spiro atoms. The molecule has 1 aromatic carbocycles. The van der Waals surface area contributed by atoms with Crippen molar-refractivity contribution in [2.24, 2.45) is 5.92 Å². The van der Waals surface area contributed by atoms with Gasteiger partial charge in [-0.2, -0.15) is 0 Å². The van der Waals surface area contributed by atoms with Crippen LogP contribution in [0, 0.1) is 5.92 Å². The van der Waals surface area contributed by atoms with Crippen molar-refractivity contribution in [1.82, 2.24) is 10.2 Å². The first-order chi connectivity index (χ1) is 12.3. The zero-order valence-electron chi connectivity index (χ0n) is 17.7. The predicted molar refractivity (Wildman–Crippen MR) is 116 cm³/mol. The summed E-state index contributed by atoms with van der Waals surface area (Å²) in [5.74, 6) is 1.54. The van der Waals surface area contributed by atoms with Crippen molar-refractivity contribution in [2.45, 2.75) is 66.3 Å².